The summed E-state index contributed by atoms with van der Waals surface area (Å²) in [6.07, 6.45) is 2.97. The van der Waals surface area contributed by atoms with Crippen molar-refractivity contribution in [1.82, 2.24) is 5.32 Å². The zero-order valence-corrected chi connectivity index (χ0v) is 12.3. The van der Waals surface area contributed by atoms with Crippen LogP contribution in [-0.2, 0) is 4.79 Å². The van der Waals surface area contributed by atoms with Gasteiger partial charge in [-0.2, -0.15) is 0 Å². The number of anilines is 1. The van der Waals surface area contributed by atoms with Crippen molar-refractivity contribution in [3.05, 3.63) is 24.0 Å². The monoisotopic (exact) mass is 302 g/mol. The van der Waals surface area contributed by atoms with Crippen LogP contribution in [0.15, 0.2) is 18.2 Å². The summed E-state index contributed by atoms with van der Waals surface area (Å²) in [4.78, 5) is 12.0. The molecule has 0 aliphatic carbocycles. The van der Waals surface area contributed by atoms with Crippen LogP contribution < -0.4 is 15.4 Å². The molecule has 1 heterocycles. The molecule has 0 bridgehead atoms. The van der Waals surface area contributed by atoms with E-state index in [0.717, 1.165) is 25.8 Å². The van der Waals surface area contributed by atoms with E-state index in [4.69, 9.17) is 4.74 Å². The number of rotatable bonds is 4. The van der Waals surface area contributed by atoms with Crippen LogP contribution in [-0.4, -0.2) is 25.1 Å². The summed E-state index contributed by atoms with van der Waals surface area (Å²) < 4.78 is 18.8. The maximum Gasteiger partial charge on any atom is 0.241 e. The summed E-state index contributed by atoms with van der Waals surface area (Å²) in [6.45, 7) is 3.06. The lowest BCUT2D eigenvalue weighted by atomic mass is 10.0. The van der Waals surface area contributed by atoms with Gasteiger partial charge in [0, 0.05) is 11.8 Å². The van der Waals surface area contributed by atoms with E-state index in [1.807, 2.05) is 0 Å². The summed E-state index contributed by atoms with van der Waals surface area (Å²) in [5.74, 6) is -0.365. The Hall–Kier alpha value is -1.33. The third kappa shape index (κ3) is 4.35. The normalized spacial score (nSPS) is 18.0. The maximum absolute atomic E-state index is 13.6. The average molecular weight is 303 g/mol. The molecule has 0 radical (unpaired) electrons. The first kappa shape index (κ1) is 16.7. The molecular weight excluding hydrogens is 283 g/mol. The number of hydrogen-bond donors (Lipinski definition) is 2. The van der Waals surface area contributed by atoms with E-state index in [1.54, 1.807) is 13.0 Å². The molecule has 0 spiro atoms. The van der Waals surface area contributed by atoms with Crippen LogP contribution >= 0.6 is 12.4 Å². The number of hydrogen-bond acceptors (Lipinski definition) is 3. The second-order valence-electron chi connectivity index (χ2n) is 4.57. The molecule has 0 aromatic heterocycles. The van der Waals surface area contributed by atoms with Crippen molar-refractivity contribution in [3.63, 3.8) is 0 Å². The van der Waals surface area contributed by atoms with E-state index in [0.29, 0.717) is 12.3 Å². The van der Waals surface area contributed by atoms with Gasteiger partial charge in [0.05, 0.1) is 12.6 Å². The minimum atomic E-state index is -0.462. The fourth-order valence-corrected chi connectivity index (χ4v) is 2.16. The number of carbonyl (C=O) groups is 1. The SMILES string of the molecule is CCOc1ccc(NC(=O)C2CCCCN2)cc1F.Cl. The van der Waals surface area contributed by atoms with Gasteiger partial charge in [-0.15, -0.1) is 12.4 Å². The Balaban J connectivity index is 0.00000200. The highest BCUT2D eigenvalue weighted by molar-refractivity contribution is 5.94. The predicted octanol–water partition coefficient (Wildman–Crippen LogP) is 2.73. The van der Waals surface area contributed by atoms with E-state index in [-0.39, 0.29) is 30.1 Å². The third-order valence-electron chi connectivity index (χ3n) is 3.13. The predicted molar refractivity (Wildman–Crippen MR) is 79.1 cm³/mol. The Morgan fingerprint density at radius 2 is 2.30 bits per heavy atom. The molecule has 6 heteroatoms. The molecule has 1 saturated heterocycles. The molecule has 20 heavy (non-hydrogen) atoms. The number of nitrogens with one attached hydrogen (secondary N) is 2. The molecule has 1 fully saturated rings. The Labute approximate surface area is 124 Å². The number of piperidine rings is 1. The molecular formula is C14H20ClFN2O2. The van der Waals surface area contributed by atoms with E-state index < -0.39 is 5.82 Å². The van der Waals surface area contributed by atoms with Crippen molar-refractivity contribution >= 4 is 24.0 Å². The summed E-state index contributed by atoms with van der Waals surface area (Å²) in [7, 11) is 0. The van der Waals surface area contributed by atoms with E-state index in [1.165, 1.54) is 12.1 Å². The van der Waals surface area contributed by atoms with Crippen molar-refractivity contribution in [2.45, 2.75) is 32.2 Å². The third-order valence-corrected chi connectivity index (χ3v) is 3.13. The van der Waals surface area contributed by atoms with Gasteiger partial charge in [-0.3, -0.25) is 4.79 Å². The van der Waals surface area contributed by atoms with Crippen molar-refractivity contribution in [2.24, 2.45) is 0 Å². The quantitative estimate of drug-likeness (QED) is 0.899. The summed E-state index contributed by atoms with van der Waals surface area (Å²) in [5.41, 5.74) is 0.457. The molecule has 1 amide bonds. The van der Waals surface area contributed by atoms with Gasteiger partial charge in [-0.25, -0.2) is 4.39 Å². The molecule has 4 nitrogen and oxygen atoms in total. The zero-order valence-electron chi connectivity index (χ0n) is 11.4. The molecule has 1 aliphatic heterocycles. The lowest BCUT2D eigenvalue weighted by Gasteiger charge is -2.22. The lowest BCUT2D eigenvalue weighted by Crippen LogP contribution is -2.43. The topological polar surface area (TPSA) is 50.4 Å². The average Bonchev–Trinajstić information content (AvgIpc) is 2.43. The van der Waals surface area contributed by atoms with Crippen LogP contribution in [0.2, 0.25) is 0 Å². The fraction of sp³-hybridized carbons (Fsp3) is 0.500. The van der Waals surface area contributed by atoms with E-state index in [2.05, 4.69) is 10.6 Å². The van der Waals surface area contributed by atoms with Crippen LogP contribution in [0.1, 0.15) is 26.2 Å². The summed E-state index contributed by atoms with van der Waals surface area (Å²) in [5, 5.41) is 5.88. The number of amides is 1. The molecule has 1 aromatic carbocycles. The Kier molecular flexibility index (Phi) is 6.75. The molecule has 1 aliphatic rings. The highest BCUT2D eigenvalue weighted by Gasteiger charge is 2.20. The van der Waals surface area contributed by atoms with Gasteiger partial charge in [0.2, 0.25) is 5.91 Å². The van der Waals surface area contributed by atoms with Crippen LogP contribution in [0.5, 0.6) is 5.75 Å². The Morgan fingerprint density at radius 1 is 1.50 bits per heavy atom. The van der Waals surface area contributed by atoms with Gasteiger partial charge in [0.15, 0.2) is 11.6 Å². The van der Waals surface area contributed by atoms with Crippen LogP contribution in [0, 0.1) is 5.82 Å². The summed E-state index contributed by atoms with van der Waals surface area (Å²) in [6, 6.07) is 4.28. The minimum Gasteiger partial charge on any atom is -0.491 e. The number of halogens is 2. The fourth-order valence-electron chi connectivity index (χ4n) is 2.16. The van der Waals surface area contributed by atoms with Crippen LogP contribution in [0.3, 0.4) is 0 Å². The molecule has 0 saturated carbocycles. The van der Waals surface area contributed by atoms with Crippen LogP contribution in [0.4, 0.5) is 10.1 Å². The van der Waals surface area contributed by atoms with Crippen molar-refractivity contribution in [2.75, 3.05) is 18.5 Å². The maximum atomic E-state index is 13.6. The van der Waals surface area contributed by atoms with E-state index in [9.17, 15) is 9.18 Å². The van der Waals surface area contributed by atoms with Crippen molar-refractivity contribution < 1.29 is 13.9 Å². The standard InChI is InChI=1S/C14H19FN2O2.ClH/c1-2-19-13-7-6-10(9-11(13)15)17-14(18)12-5-3-4-8-16-12;/h6-7,9,12,16H,2-5,8H2,1H3,(H,17,18);1H. The minimum absolute atomic E-state index is 0. The second-order valence-corrected chi connectivity index (χ2v) is 4.57. The molecule has 1 aromatic rings. The van der Waals surface area contributed by atoms with E-state index >= 15 is 0 Å². The molecule has 1 atom stereocenters. The largest absolute Gasteiger partial charge is 0.491 e. The molecule has 112 valence electrons. The number of carbonyl (C=O) groups excluding carboxylic acids is 1. The number of ether oxygens (including phenoxy) is 1. The highest BCUT2D eigenvalue weighted by Crippen LogP contribution is 2.21. The first-order chi connectivity index (χ1) is 9.20. The second kappa shape index (κ2) is 8.07. The smallest absolute Gasteiger partial charge is 0.241 e. The van der Waals surface area contributed by atoms with Gasteiger partial charge in [-0.05, 0) is 38.4 Å². The van der Waals surface area contributed by atoms with Crippen molar-refractivity contribution in [3.8, 4) is 5.75 Å². The molecule has 1 unspecified atom stereocenters. The highest BCUT2D eigenvalue weighted by atomic mass is 35.5. The van der Waals surface area contributed by atoms with Crippen LogP contribution in [0.25, 0.3) is 0 Å². The number of benzene rings is 1. The van der Waals surface area contributed by atoms with Gasteiger partial charge in [0.1, 0.15) is 0 Å². The van der Waals surface area contributed by atoms with Gasteiger partial charge < -0.3 is 15.4 Å². The van der Waals surface area contributed by atoms with Gasteiger partial charge >= 0.3 is 0 Å². The van der Waals surface area contributed by atoms with Crippen molar-refractivity contribution in [1.29, 1.82) is 0 Å². The zero-order chi connectivity index (χ0) is 13.7. The Morgan fingerprint density at radius 3 is 2.90 bits per heavy atom. The molecule has 2 rings (SSSR count). The summed E-state index contributed by atoms with van der Waals surface area (Å²) >= 11 is 0. The first-order valence-electron chi connectivity index (χ1n) is 6.67. The molecule has 2 N–H and O–H groups in total. The van der Waals surface area contributed by atoms with Gasteiger partial charge in [0.25, 0.3) is 0 Å². The first-order valence-corrected chi connectivity index (χ1v) is 6.67. The van der Waals surface area contributed by atoms with Gasteiger partial charge in [-0.1, -0.05) is 6.42 Å². The lowest BCUT2D eigenvalue weighted by molar-refractivity contribution is -0.118. The Bertz CT molecular complexity index is 451.